The van der Waals surface area contributed by atoms with Gasteiger partial charge in [0, 0.05) is 4.88 Å². The molecule has 0 amide bonds. The van der Waals surface area contributed by atoms with E-state index in [1.54, 1.807) is 11.3 Å². The molecule has 0 aliphatic heterocycles. The first-order valence-electron chi connectivity index (χ1n) is 6.91. The van der Waals surface area contributed by atoms with Gasteiger partial charge in [0.2, 0.25) is 0 Å². The van der Waals surface area contributed by atoms with Gasteiger partial charge in [-0.2, -0.15) is 0 Å². The van der Waals surface area contributed by atoms with E-state index in [4.69, 9.17) is 5.84 Å². The van der Waals surface area contributed by atoms with Crippen molar-refractivity contribution >= 4 is 11.3 Å². The Balaban J connectivity index is 2.26. The van der Waals surface area contributed by atoms with Gasteiger partial charge in [-0.1, -0.05) is 44.5 Å². The van der Waals surface area contributed by atoms with Crippen LogP contribution < -0.4 is 11.3 Å². The molecule has 0 aliphatic rings. The monoisotopic (exact) mass is 274 g/mol. The van der Waals surface area contributed by atoms with Crippen molar-refractivity contribution < 1.29 is 0 Å². The van der Waals surface area contributed by atoms with Crippen LogP contribution in [0.5, 0.6) is 0 Å². The number of thiophene rings is 1. The number of rotatable bonds is 6. The Morgan fingerprint density at radius 1 is 1.16 bits per heavy atom. The summed E-state index contributed by atoms with van der Waals surface area (Å²) in [6.07, 6.45) is 3.37. The average Bonchev–Trinajstić information content (AvgIpc) is 2.90. The van der Waals surface area contributed by atoms with Crippen LogP contribution in [0.1, 0.15) is 47.9 Å². The third-order valence-electron chi connectivity index (χ3n) is 3.44. The van der Waals surface area contributed by atoms with E-state index in [9.17, 15) is 0 Å². The predicted molar refractivity (Wildman–Crippen MR) is 83.3 cm³/mol. The first-order valence-corrected chi connectivity index (χ1v) is 7.79. The zero-order chi connectivity index (χ0) is 13.7. The maximum Gasteiger partial charge on any atom is 0.0805 e. The van der Waals surface area contributed by atoms with Gasteiger partial charge in [0.25, 0.3) is 0 Å². The molecule has 2 aromatic rings. The lowest BCUT2D eigenvalue weighted by molar-refractivity contribution is 0.641. The quantitative estimate of drug-likeness (QED) is 0.621. The fraction of sp³-hybridized carbons (Fsp3) is 0.375. The summed E-state index contributed by atoms with van der Waals surface area (Å²) in [5, 5.41) is 2.14. The van der Waals surface area contributed by atoms with E-state index in [-0.39, 0.29) is 6.04 Å². The maximum absolute atomic E-state index is 5.77. The van der Waals surface area contributed by atoms with Crippen molar-refractivity contribution in [3.63, 3.8) is 0 Å². The van der Waals surface area contributed by atoms with E-state index in [2.05, 4.69) is 55.0 Å². The van der Waals surface area contributed by atoms with Crippen LogP contribution in [0.25, 0.3) is 0 Å². The minimum atomic E-state index is 0.102. The van der Waals surface area contributed by atoms with Crippen molar-refractivity contribution in [2.45, 2.75) is 39.2 Å². The molecule has 0 spiro atoms. The molecular weight excluding hydrogens is 252 g/mol. The van der Waals surface area contributed by atoms with Crippen LogP contribution in [0.4, 0.5) is 0 Å². The van der Waals surface area contributed by atoms with Gasteiger partial charge >= 0.3 is 0 Å². The molecule has 3 heteroatoms. The second kappa shape index (κ2) is 6.85. The number of nitrogens with two attached hydrogens (primary N) is 1. The molecule has 1 heterocycles. The molecule has 1 unspecified atom stereocenters. The first kappa shape index (κ1) is 14.3. The van der Waals surface area contributed by atoms with Crippen LogP contribution in [-0.4, -0.2) is 0 Å². The Bertz CT molecular complexity index is 502. The molecule has 0 fully saturated rings. The summed E-state index contributed by atoms with van der Waals surface area (Å²) < 4.78 is 0. The minimum absolute atomic E-state index is 0.102. The number of benzene rings is 1. The highest BCUT2D eigenvalue weighted by atomic mass is 32.1. The molecule has 19 heavy (non-hydrogen) atoms. The topological polar surface area (TPSA) is 38.0 Å². The molecule has 0 bridgehead atoms. The highest BCUT2D eigenvalue weighted by Crippen LogP contribution is 2.29. The minimum Gasteiger partial charge on any atom is -0.271 e. The number of hydrogen-bond acceptors (Lipinski definition) is 3. The number of hydrogen-bond donors (Lipinski definition) is 2. The van der Waals surface area contributed by atoms with E-state index in [0.717, 1.165) is 12.8 Å². The molecular formula is C16H22N2S. The summed E-state index contributed by atoms with van der Waals surface area (Å²) in [5.41, 5.74) is 6.97. The van der Waals surface area contributed by atoms with Gasteiger partial charge in [0.05, 0.1) is 6.04 Å². The summed E-state index contributed by atoms with van der Waals surface area (Å²) in [6.45, 7) is 4.39. The normalized spacial score (nSPS) is 12.6. The van der Waals surface area contributed by atoms with Gasteiger partial charge in [0.15, 0.2) is 0 Å². The van der Waals surface area contributed by atoms with E-state index in [0.29, 0.717) is 0 Å². The van der Waals surface area contributed by atoms with Crippen LogP contribution in [0.3, 0.4) is 0 Å². The molecule has 0 saturated heterocycles. The lowest BCUT2D eigenvalue weighted by atomic mass is 10.00. The smallest absolute Gasteiger partial charge is 0.0805 e. The fourth-order valence-electron chi connectivity index (χ4n) is 2.38. The van der Waals surface area contributed by atoms with Crippen molar-refractivity contribution in [1.82, 2.24) is 5.43 Å². The predicted octanol–water partition coefficient (Wildman–Crippen LogP) is 3.82. The standard InChI is InChI=1S/C16H22N2S/c1-3-5-12-6-8-14(9-7-12)15(18-17)16-13(4-2)10-11-19-16/h6-11,15,18H,3-5,17H2,1-2H3. The average molecular weight is 274 g/mol. The Hall–Kier alpha value is -1.16. The van der Waals surface area contributed by atoms with Crippen LogP contribution >= 0.6 is 11.3 Å². The summed E-state index contributed by atoms with van der Waals surface area (Å²) >= 11 is 1.77. The lowest BCUT2D eigenvalue weighted by Crippen LogP contribution is -2.28. The summed E-state index contributed by atoms with van der Waals surface area (Å²) in [5.74, 6) is 5.77. The van der Waals surface area contributed by atoms with Crippen molar-refractivity contribution in [3.05, 3.63) is 57.3 Å². The third-order valence-corrected chi connectivity index (χ3v) is 4.47. The van der Waals surface area contributed by atoms with E-state index in [1.165, 1.54) is 28.0 Å². The lowest BCUT2D eigenvalue weighted by Gasteiger charge is -2.17. The highest BCUT2D eigenvalue weighted by molar-refractivity contribution is 7.10. The van der Waals surface area contributed by atoms with Crippen molar-refractivity contribution in [1.29, 1.82) is 0 Å². The second-order valence-corrected chi connectivity index (χ2v) is 5.70. The van der Waals surface area contributed by atoms with Gasteiger partial charge in [0.1, 0.15) is 0 Å². The summed E-state index contributed by atoms with van der Waals surface area (Å²) in [6, 6.07) is 11.1. The Labute approximate surface area is 119 Å². The molecule has 3 N–H and O–H groups in total. The maximum atomic E-state index is 5.77. The molecule has 1 aromatic carbocycles. The number of nitrogens with one attached hydrogen (secondary N) is 1. The van der Waals surface area contributed by atoms with Crippen molar-refractivity contribution in [3.8, 4) is 0 Å². The Morgan fingerprint density at radius 2 is 1.89 bits per heavy atom. The van der Waals surface area contributed by atoms with Gasteiger partial charge in [-0.15, -0.1) is 11.3 Å². The summed E-state index contributed by atoms with van der Waals surface area (Å²) in [4.78, 5) is 1.33. The summed E-state index contributed by atoms with van der Waals surface area (Å²) in [7, 11) is 0. The van der Waals surface area contributed by atoms with Crippen LogP contribution in [0, 0.1) is 0 Å². The van der Waals surface area contributed by atoms with Gasteiger partial charge < -0.3 is 0 Å². The molecule has 102 valence electrons. The Morgan fingerprint density at radius 3 is 2.47 bits per heavy atom. The molecule has 1 aromatic heterocycles. The van der Waals surface area contributed by atoms with Gasteiger partial charge in [-0.25, -0.2) is 5.43 Å². The zero-order valence-corrected chi connectivity index (χ0v) is 12.5. The van der Waals surface area contributed by atoms with Crippen molar-refractivity contribution in [2.75, 3.05) is 0 Å². The van der Waals surface area contributed by atoms with Crippen LogP contribution in [-0.2, 0) is 12.8 Å². The van der Waals surface area contributed by atoms with E-state index < -0.39 is 0 Å². The molecule has 0 aliphatic carbocycles. The second-order valence-electron chi connectivity index (χ2n) is 4.75. The highest BCUT2D eigenvalue weighted by Gasteiger charge is 2.16. The molecule has 1 atom stereocenters. The third kappa shape index (κ3) is 3.24. The number of aryl methyl sites for hydroxylation is 2. The molecule has 0 saturated carbocycles. The largest absolute Gasteiger partial charge is 0.271 e. The zero-order valence-electron chi connectivity index (χ0n) is 11.6. The Kier molecular flexibility index (Phi) is 5.14. The molecule has 2 rings (SSSR count). The van der Waals surface area contributed by atoms with E-state index >= 15 is 0 Å². The first-order chi connectivity index (χ1) is 9.30. The number of hydrazine groups is 1. The molecule has 0 radical (unpaired) electrons. The molecule has 2 nitrogen and oxygen atoms in total. The van der Waals surface area contributed by atoms with E-state index in [1.807, 2.05) is 0 Å². The van der Waals surface area contributed by atoms with Gasteiger partial charge in [-0.3, -0.25) is 5.84 Å². The SMILES string of the molecule is CCCc1ccc(C(NN)c2sccc2CC)cc1. The van der Waals surface area contributed by atoms with Gasteiger partial charge in [-0.05, 0) is 41.0 Å². The van der Waals surface area contributed by atoms with Crippen LogP contribution in [0.15, 0.2) is 35.7 Å². The van der Waals surface area contributed by atoms with Crippen LogP contribution in [0.2, 0.25) is 0 Å². The van der Waals surface area contributed by atoms with Crippen molar-refractivity contribution in [2.24, 2.45) is 5.84 Å². The fourth-order valence-corrected chi connectivity index (χ4v) is 3.46.